The second-order valence-electron chi connectivity index (χ2n) is 3.56. The molecule has 0 aromatic carbocycles. The maximum Gasteiger partial charge on any atom is 0.359 e. The molecule has 0 heterocycles. The van der Waals surface area contributed by atoms with Crippen LogP contribution in [0.3, 0.4) is 0 Å². The fourth-order valence-electron chi connectivity index (χ4n) is 1.27. The normalized spacial score (nSPS) is 13.1. The van der Waals surface area contributed by atoms with Gasteiger partial charge in [-0.3, -0.25) is 0 Å². The maximum absolute atomic E-state index is 10.6. The first kappa shape index (κ1) is 14.2. The Morgan fingerprint density at radius 3 is 1.94 bits per heavy atom. The number of likely N-dealkylation sites (N-methyl/N-ethyl adjacent to an activating group) is 1. The smallest absolute Gasteiger partial charge is 0.359 e. The van der Waals surface area contributed by atoms with Crippen LogP contribution >= 0.6 is 0 Å². The number of hydrogen-bond donors (Lipinski definition) is 1. The van der Waals surface area contributed by atoms with Gasteiger partial charge in [-0.05, 0) is 0 Å². The highest BCUT2D eigenvalue weighted by Gasteiger charge is 2.24. The van der Waals surface area contributed by atoms with Crippen molar-refractivity contribution in [2.24, 2.45) is 9.98 Å². The molecule has 0 radical (unpaired) electrons. The van der Waals surface area contributed by atoms with Crippen LogP contribution in [-0.4, -0.2) is 67.5 Å². The summed E-state index contributed by atoms with van der Waals surface area (Å²) in [5.41, 5.74) is 0. The van der Waals surface area contributed by atoms with Crippen LogP contribution in [0.25, 0.3) is 0 Å². The molecule has 0 aromatic heterocycles. The summed E-state index contributed by atoms with van der Waals surface area (Å²) in [5.74, 6) is -0.951. The van der Waals surface area contributed by atoms with Crippen LogP contribution in [0.1, 0.15) is 0 Å². The highest BCUT2D eigenvalue weighted by atomic mass is 16.4. The number of carboxylic acids is 1. The van der Waals surface area contributed by atoms with E-state index in [1.807, 2.05) is 0 Å². The largest absolute Gasteiger partial charge is 0.477 e. The van der Waals surface area contributed by atoms with E-state index in [0.717, 1.165) is 0 Å². The zero-order valence-corrected chi connectivity index (χ0v) is 9.05. The molecule has 0 bridgehead atoms. The Morgan fingerprint density at radius 2 is 1.62 bits per heavy atom. The number of hydrogen-bond acceptors (Lipinski definition) is 5. The van der Waals surface area contributed by atoms with Gasteiger partial charge in [-0.25, -0.2) is 14.4 Å². The predicted molar refractivity (Wildman–Crippen MR) is 54.4 cm³/mol. The molecule has 0 aliphatic heterocycles. The van der Waals surface area contributed by atoms with Gasteiger partial charge < -0.3 is 9.59 Å². The van der Waals surface area contributed by atoms with E-state index in [2.05, 4.69) is 9.98 Å². The number of aliphatic imine (C=N–C) groups is 2. The van der Waals surface area contributed by atoms with Crippen LogP contribution in [-0.2, 0) is 14.4 Å². The Morgan fingerprint density at radius 1 is 1.19 bits per heavy atom. The third-order valence-corrected chi connectivity index (χ3v) is 2.15. The third-order valence-electron chi connectivity index (χ3n) is 2.15. The van der Waals surface area contributed by atoms with Crippen LogP contribution in [0.2, 0.25) is 0 Å². The molecule has 0 amide bonds. The molecule has 0 atom stereocenters. The molecule has 1 N–H and O–H groups in total. The Hall–Kier alpha value is -1.81. The number of aliphatic carboxylic acids is 1. The lowest BCUT2D eigenvalue weighted by molar-refractivity contribution is -0.899. The fraction of sp³-hybridized carbons (Fsp3) is 0.667. The van der Waals surface area contributed by atoms with Gasteiger partial charge in [0.2, 0.25) is 12.2 Å². The molecule has 0 aliphatic carbocycles. The summed E-state index contributed by atoms with van der Waals surface area (Å²) in [5, 5.41) is 8.73. The number of carbonyl (C=O) groups is 1. The van der Waals surface area contributed by atoms with Crippen molar-refractivity contribution in [1.82, 2.24) is 0 Å². The van der Waals surface area contributed by atoms with E-state index >= 15 is 0 Å². The molecule has 0 unspecified atom stereocenters. The topological polar surface area (TPSA) is 96.2 Å². The molecule has 0 saturated heterocycles. The Balaban J connectivity index is 4.38. The summed E-state index contributed by atoms with van der Waals surface area (Å²) in [6.45, 7) is 1.07. The van der Waals surface area contributed by atoms with E-state index in [1.165, 1.54) is 12.2 Å². The number of quaternary nitrogens is 1. The number of carbonyl (C=O) groups excluding carboxylic acids is 2. The standard InChI is InChI=1S/C9H13N3O4/c1-12(6-9(15)16,4-2-10-7-13)5-3-11-8-14/h2-6H2,1H3/p+1. The first-order valence-electron chi connectivity index (χ1n) is 4.67. The van der Waals surface area contributed by atoms with E-state index in [0.29, 0.717) is 13.1 Å². The van der Waals surface area contributed by atoms with Crippen LogP contribution in [0.5, 0.6) is 0 Å². The van der Waals surface area contributed by atoms with Crippen molar-refractivity contribution < 1.29 is 24.0 Å². The van der Waals surface area contributed by atoms with Gasteiger partial charge in [0.05, 0.1) is 20.1 Å². The molecule has 0 aromatic rings. The minimum atomic E-state index is -0.951. The highest BCUT2D eigenvalue weighted by Crippen LogP contribution is 2.01. The maximum atomic E-state index is 10.6. The molecule has 0 saturated carbocycles. The highest BCUT2D eigenvalue weighted by molar-refractivity contribution is 5.67. The average molecular weight is 228 g/mol. The van der Waals surface area contributed by atoms with Gasteiger partial charge >= 0.3 is 5.97 Å². The fourth-order valence-corrected chi connectivity index (χ4v) is 1.27. The van der Waals surface area contributed by atoms with E-state index in [4.69, 9.17) is 5.11 Å². The van der Waals surface area contributed by atoms with Crippen molar-refractivity contribution in [2.45, 2.75) is 0 Å². The van der Waals surface area contributed by atoms with E-state index in [-0.39, 0.29) is 24.1 Å². The van der Waals surface area contributed by atoms with Gasteiger partial charge in [-0.2, -0.15) is 9.98 Å². The number of rotatable bonds is 8. The van der Waals surface area contributed by atoms with E-state index in [1.54, 1.807) is 7.05 Å². The zero-order chi connectivity index (χ0) is 12.4. The van der Waals surface area contributed by atoms with E-state index < -0.39 is 5.97 Å². The van der Waals surface area contributed by atoms with Crippen molar-refractivity contribution >= 4 is 18.1 Å². The molecule has 7 nitrogen and oxygen atoms in total. The number of isocyanates is 2. The van der Waals surface area contributed by atoms with Crippen molar-refractivity contribution in [3.8, 4) is 0 Å². The lowest BCUT2D eigenvalue weighted by Gasteiger charge is -2.31. The van der Waals surface area contributed by atoms with Gasteiger partial charge in [0.1, 0.15) is 13.1 Å². The second kappa shape index (κ2) is 7.48. The molecular weight excluding hydrogens is 214 g/mol. The molecule has 0 rings (SSSR count). The molecule has 7 heteroatoms. The molecule has 16 heavy (non-hydrogen) atoms. The summed E-state index contributed by atoms with van der Waals surface area (Å²) < 4.78 is 0.158. The zero-order valence-electron chi connectivity index (χ0n) is 9.05. The monoisotopic (exact) mass is 228 g/mol. The van der Waals surface area contributed by atoms with Gasteiger partial charge in [-0.1, -0.05) is 0 Å². The predicted octanol–water partition coefficient (Wildman–Crippen LogP) is -0.811. The summed E-state index contributed by atoms with van der Waals surface area (Å²) >= 11 is 0. The van der Waals surface area contributed by atoms with Crippen molar-refractivity contribution in [3.05, 3.63) is 0 Å². The Bertz CT molecular complexity index is 308. The van der Waals surface area contributed by atoms with Crippen molar-refractivity contribution in [1.29, 1.82) is 0 Å². The van der Waals surface area contributed by atoms with Gasteiger partial charge in [0, 0.05) is 0 Å². The summed E-state index contributed by atoms with van der Waals surface area (Å²) in [7, 11) is 1.70. The summed E-state index contributed by atoms with van der Waals surface area (Å²) in [6.07, 6.45) is 2.79. The average Bonchev–Trinajstić information content (AvgIpc) is 2.17. The first-order chi connectivity index (χ1) is 7.54. The Labute approximate surface area is 92.7 Å². The quantitative estimate of drug-likeness (QED) is 0.334. The summed E-state index contributed by atoms with van der Waals surface area (Å²) in [4.78, 5) is 37.2. The number of carboxylic acid groups (broad SMARTS) is 1. The molecule has 0 aliphatic rings. The Kier molecular flexibility index (Phi) is 6.63. The van der Waals surface area contributed by atoms with Gasteiger partial charge in [0.25, 0.3) is 0 Å². The van der Waals surface area contributed by atoms with Crippen LogP contribution in [0.15, 0.2) is 9.98 Å². The molecule has 88 valence electrons. The SMILES string of the molecule is C[N+](CCN=C=O)(CCN=C=O)CC(=O)O. The minimum Gasteiger partial charge on any atom is -0.477 e. The van der Waals surface area contributed by atoms with Crippen molar-refractivity contribution in [2.75, 3.05) is 39.8 Å². The molecule has 0 spiro atoms. The first-order valence-corrected chi connectivity index (χ1v) is 4.67. The van der Waals surface area contributed by atoms with Crippen LogP contribution < -0.4 is 0 Å². The van der Waals surface area contributed by atoms with Crippen molar-refractivity contribution in [3.63, 3.8) is 0 Å². The number of nitrogens with zero attached hydrogens (tertiary/aromatic N) is 3. The van der Waals surface area contributed by atoms with E-state index in [9.17, 15) is 14.4 Å². The van der Waals surface area contributed by atoms with Gasteiger partial charge in [-0.15, -0.1) is 0 Å². The van der Waals surface area contributed by atoms with Gasteiger partial charge in [0.15, 0.2) is 6.54 Å². The van der Waals surface area contributed by atoms with Crippen LogP contribution in [0, 0.1) is 0 Å². The lowest BCUT2D eigenvalue weighted by atomic mass is 10.3. The summed E-state index contributed by atoms with van der Waals surface area (Å²) in [6, 6.07) is 0. The minimum absolute atomic E-state index is 0.108. The molecular formula is C9H14N3O4+. The second-order valence-corrected chi connectivity index (χ2v) is 3.56. The third kappa shape index (κ3) is 6.62. The van der Waals surface area contributed by atoms with Crippen LogP contribution in [0.4, 0.5) is 0 Å². The molecule has 0 fully saturated rings. The lowest BCUT2D eigenvalue weighted by Crippen LogP contribution is -2.50.